The maximum Gasteiger partial charge on any atom is 0.154 e. The minimum absolute atomic E-state index is 0.158. The summed E-state index contributed by atoms with van der Waals surface area (Å²) >= 11 is 0. The summed E-state index contributed by atoms with van der Waals surface area (Å²) in [6.07, 6.45) is 5.92. The van der Waals surface area contributed by atoms with Crippen molar-refractivity contribution in [2.24, 2.45) is 0 Å². The van der Waals surface area contributed by atoms with Gasteiger partial charge in [-0.15, -0.1) is 5.10 Å². The van der Waals surface area contributed by atoms with Crippen molar-refractivity contribution in [3.8, 4) is 16.9 Å². The molecule has 0 bridgehead atoms. The predicted octanol–water partition coefficient (Wildman–Crippen LogP) is 3.89. The molecule has 2 aromatic heterocycles. The fraction of sp³-hybridized carbons (Fsp3) is 0.400. The highest BCUT2D eigenvalue weighted by molar-refractivity contribution is 5.73. The lowest BCUT2D eigenvalue weighted by atomic mass is 9.94. The Kier molecular flexibility index (Phi) is 6.64. The van der Waals surface area contributed by atoms with Crippen LogP contribution in [0.1, 0.15) is 37.3 Å². The van der Waals surface area contributed by atoms with E-state index in [9.17, 15) is 0 Å². The van der Waals surface area contributed by atoms with Crippen LogP contribution in [0.3, 0.4) is 0 Å². The van der Waals surface area contributed by atoms with Crippen LogP contribution in [0.4, 0.5) is 17.3 Å². The van der Waals surface area contributed by atoms with Gasteiger partial charge in [-0.05, 0) is 73.5 Å². The number of nitrogens with two attached hydrogens (primary N) is 1. The van der Waals surface area contributed by atoms with Crippen LogP contribution < -0.4 is 21.1 Å². The van der Waals surface area contributed by atoms with Crippen molar-refractivity contribution in [1.82, 2.24) is 20.5 Å². The molecule has 0 radical (unpaired) electrons. The van der Waals surface area contributed by atoms with Crippen LogP contribution >= 0.6 is 0 Å². The van der Waals surface area contributed by atoms with Gasteiger partial charge < -0.3 is 25.8 Å². The fourth-order valence-corrected chi connectivity index (χ4v) is 4.36. The Morgan fingerprint density at radius 3 is 2.48 bits per heavy atom. The maximum atomic E-state index is 6.30. The van der Waals surface area contributed by atoms with E-state index in [2.05, 4.69) is 31.9 Å². The number of rotatable bonds is 6. The quantitative estimate of drug-likeness (QED) is 0.490. The smallest absolute Gasteiger partial charge is 0.154 e. The van der Waals surface area contributed by atoms with Crippen LogP contribution in [0.5, 0.6) is 5.75 Å². The number of hydrogen-bond acceptors (Lipinski definition) is 8. The van der Waals surface area contributed by atoms with Crippen LogP contribution in [0.2, 0.25) is 0 Å². The van der Waals surface area contributed by atoms with Crippen molar-refractivity contribution in [3.63, 3.8) is 0 Å². The number of nitrogen functional groups attached to an aromatic ring is 1. The summed E-state index contributed by atoms with van der Waals surface area (Å²) in [5.74, 6) is 2.59. The average molecular weight is 447 g/mol. The summed E-state index contributed by atoms with van der Waals surface area (Å²) in [6.45, 7) is 3.55. The van der Waals surface area contributed by atoms with Crippen LogP contribution in [0.15, 0.2) is 48.7 Å². The predicted molar refractivity (Wildman–Crippen MR) is 129 cm³/mol. The van der Waals surface area contributed by atoms with Gasteiger partial charge in [-0.3, -0.25) is 0 Å². The minimum Gasteiger partial charge on any atom is -0.488 e. The summed E-state index contributed by atoms with van der Waals surface area (Å²) in [5, 5.41) is 15.5. The van der Waals surface area contributed by atoms with Gasteiger partial charge in [-0.2, -0.15) is 5.10 Å². The largest absolute Gasteiger partial charge is 0.488 e. The lowest BCUT2D eigenvalue weighted by Crippen LogP contribution is -2.27. The van der Waals surface area contributed by atoms with Gasteiger partial charge in [-0.1, -0.05) is 6.07 Å². The second-order valence-electron chi connectivity index (χ2n) is 8.60. The lowest BCUT2D eigenvalue weighted by Gasteiger charge is -2.24. The van der Waals surface area contributed by atoms with E-state index in [1.165, 1.54) is 0 Å². The van der Waals surface area contributed by atoms with Gasteiger partial charge in [0.2, 0.25) is 0 Å². The first-order chi connectivity index (χ1) is 16.2. The molecule has 5 rings (SSSR count). The number of hydrogen-bond donors (Lipinski definition) is 3. The van der Waals surface area contributed by atoms with Crippen molar-refractivity contribution in [3.05, 3.63) is 54.4 Å². The summed E-state index contributed by atoms with van der Waals surface area (Å²) < 4.78 is 11.5. The molecule has 1 aromatic carbocycles. The molecule has 0 atom stereocenters. The monoisotopic (exact) mass is 446 g/mol. The van der Waals surface area contributed by atoms with Gasteiger partial charge in [0.05, 0.1) is 24.6 Å². The maximum absolute atomic E-state index is 6.30. The van der Waals surface area contributed by atoms with Crippen LogP contribution in [0.25, 0.3) is 11.1 Å². The Labute approximate surface area is 193 Å². The Morgan fingerprint density at radius 1 is 0.909 bits per heavy atom. The molecule has 8 heteroatoms. The molecule has 4 heterocycles. The van der Waals surface area contributed by atoms with E-state index in [-0.39, 0.29) is 6.10 Å². The zero-order chi connectivity index (χ0) is 22.5. The molecule has 0 aliphatic carbocycles. The van der Waals surface area contributed by atoms with Crippen molar-refractivity contribution in [2.45, 2.75) is 37.7 Å². The first kappa shape index (κ1) is 21.6. The fourth-order valence-electron chi connectivity index (χ4n) is 4.36. The highest BCUT2D eigenvalue weighted by atomic mass is 16.5. The summed E-state index contributed by atoms with van der Waals surface area (Å²) in [6, 6.07) is 13.9. The number of ether oxygens (including phenoxy) is 2. The Bertz CT molecular complexity index is 1060. The molecular formula is C25H30N6O2. The molecule has 2 aliphatic rings. The number of aromatic nitrogens is 3. The SMILES string of the molecule is Nc1cc(-c2ccnc(Nc3ccc(C4CCNCC4)nn3)c2)ccc1OC1CCOCC1. The number of benzene rings is 1. The number of pyridine rings is 1. The minimum atomic E-state index is 0.158. The highest BCUT2D eigenvalue weighted by Crippen LogP contribution is 2.31. The first-order valence-corrected chi connectivity index (χ1v) is 11.7. The first-order valence-electron chi connectivity index (χ1n) is 11.7. The molecule has 4 N–H and O–H groups in total. The number of anilines is 3. The third kappa shape index (κ3) is 5.40. The average Bonchev–Trinajstić information content (AvgIpc) is 2.87. The molecule has 0 unspecified atom stereocenters. The molecule has 2 fully saturated rings. The summed E-state index contributed by atoms with van der Waals surface area (Å²) in [5.41, 5.74) is 10.0. The Balaban J connectivity index is 1.26. The van der Waals surface area contributed by atoms with Crippen molar-refractivity contribution in [2.75, 3.05) is 37.4 Å². The topological polar surface area (TPSA) is 107 Å². The molecule has 3 aromatic rings. The summed E-state index contributed by atoms with van der Waals surface area (Å²) in [4.78, 5) is 4.43. The third-order valence-corrected chi connectivity index (χ3v) is 6.26. The zero-order valence-electron chi connectivity index (χ0n) is 18.7. The Morgan fingerprint density at radius 2 is 1.73 bits per heavy atom. The molecule has 172 valence electrons. The molecule has 2 saturated heterocycles. The normalized spacial score (nSPS) is 17.6. The standard InChI is InChI=1S/C25H30N6O2/c26-21-15-18(1-3-23(21)33-20-8-13-32-14-9-20)19-7-12-28-25(16-19)29-24-4-2-22(30-31-24)17-5-10-27-11-6-17/h1-4,7,12,15-17,20,27H,5-6,8-11,13-14,26H2,(H,28,29,31). The van der Waals surface area contributed by atoms with E-state index in [0.717, 1.165) is 74.6 Å². The van der Waals surface area contributed by atoms with Crippen LogP contribution in [-0.2, 0) is 4.74 Å². The van der Waals surface area contributed by atoms with E-state index >= 15 is 0 Å². The van der Waals surface area contributed by atoms with E-state index < -0.39 is 0 Å². The van der Waals surface area contributed by atoms with E-state index in [1.54, 1.807) is 6.20 Å². The third-order valence-electron chi connectivity index (χ3n) is 6.26. The van der Waals surface area contributed by atoms with E-state index in [4.69, 9.17) is 15.2 Å². The van der Waals surface area contributed by atoms with Crippen LogP contribution in [-0.4, -0.2) is 47.6 Å². The number of nitrogens with one attached hydrogen (secondary N) is 2. The van der Waals surface area contributed by atoms with Gasteiger partial charge in [0, 0.05) is 25.0 Å². The lowest BCUT2D eigenvalue weighted by molar-refractivity contribution is 0.0259. The van der Waals surface area contributed by atoms with Gasteiger partial charge in [0.25, 0.3) is 0 Å². The molecule has 0 spiro atoms. The molecule has 0 saturated carbocycles. The molecule has 2 aliphatic heterocycles. The van der Waals surface area contributed by atoms with E-state index in [0.29, 0.717) is 23.2 Å². The molecular weight excluding hydrogens is 416 g/mol. The molecule has 33 heavy (non-hydrogen) atoms. The molecule has 8 nitrogen and oxygen atoms in total. The second kappa shape index (κ2) is 10.1. The molecule has 0 amide bonds. The number of piperidine rings is 1. The van der Waals surface area contributed by atoms with Gasteiger partial charge in [0.1, 0.15) is 17.7 Å². The highest BCUT2D eigenvalue weighted by Gasteiger charge is 2.18. The summed E-state index contributed by atoms with van der Waals surface area (Å²) in [7, 11) is 0. The van der Waals surface area contributed by atoms with Gasteiger partial charge in [-0.25, -0.2) is 4.98 Å². The van der Waals surface area contributed by atoms with Gasteiger partial charge in [0.15, 0.2) is 5.82 Å². The zero-order valence-corrected chi connectivity index (χ0v) is 18.7. The second-order valence-corrected chi connectivity index (χ2v) is 8.60. The van der Waals surface area contributed by atoms with Gasteiger partial charge >= 0.3 is 0 Å². The van der Waals surface area contributed by atoms with Crippen molar-refractivity contribution < 1.29 is 9.47 Å². The van der Waals surface area contributed by atoms with Crippen LogP contribution in [0, 0.1) is 0 Å². The van der Waals surface area contributed by atoms with E-state index in [1.807, 2.05) is 36.4 Å². The van der Waals surface area contributed by atoms with Crippen molar-refractivity contribution in [1.29, 1.82) is 0 Å². The number of nitrogens with zero attached hydrogens (tertiary/aromatic N) is 3. The van der Waals surface area contributed by atoms with Crippen molar-refractivity contribution >= 4 is 17.3 Å². The Hall–Kier alpha value is -3.23.